The Labute approximate surface area is 228 Å². The SMILES string of the molecule is Cc1cc([C@@H](C)Nc2ccc(Cl)nc2C(=O)O)c2nc(N3CCOCC3)n3cc(C(F)(F)C(F)(F)F)nc3c2c1. The van der Waals surface area contributed by atoms with E-state index in [2.05, 4.69) is 15.3 Å². The van der Waals surface area contributed by atoms with Gasteiger partial charge in [0.1, 0.15) is 16.5 Å². The number of nitrogens with one attached hydrogen (secondary N) is 1. The second kappa shape index (κ2) is 10.0. The van der Waals surface area contributed by atoms with Crippen molar-refractivity contribution in [3.8, 4) is 0 Å². The molecule has 0 aliphatic carbocycles. The zero-order valence-electron chi connectivity index (χ0n) is 21.1. The van der Waals surface area contributed by atoms with Crippen LogP contribution in [0.25, 0.3) is 16.6 Å². The van der Waals surface area contributed by atoms with E-state index in [4.69, 9.17) is 21.3 Å². The van der Waals surface area contributed by atoms with Gasteiger partial charge in [0.15, 0.2) is 5.69 Å². The monoisotopic (exact) mass is 584 g/mol. The molecule has 0 radical (unpaired) electrons. The number of carboxylic acid groups (broad SMARTS) is 1. The lowest BCUT2D eigenvalue weighted by Crippen LogP contribution is -2.38. The number of benzene rings is 1. The minimum Gasteiger partial charge on any atom is -0.476 e. The molecule has 1 aromatic carbocycles. The predicted octanol–water partition coefficient (Wildman–Crippen LogP) is 5.60. The summed E-state index contributed by atoms with van der Waals surface area (Å²) in [6.07, 6.45) is -5.18. The van der Waals surface area contributed by atoms with Crippen LogP contribution in [0.1, 0.15) is 40.3 Å². The number of rotatable bonds is 6. The van der Waals surface area contributed by atoms with Gasteiger partial charge in [0, 0.05) is 30.2 Å². The van der Waals surface area contributed by atoms with Gasteiger partial charge >= 0.3 is 18.1 Å². The van der Waals surface area contributed by atoms with Crippen LogP contribution in [0.4, 0.5) is 33.6 Å². The van der Waals surface area contributed by atoms with E-state index < -0.39 is 29.8 Å². The number of pyridine rings is 1. The minimum atomic E-state index is -5.85. The van der Waals surface area contributed by atoms with Crippen molar-refractivity contribution in [2.75, 3.05) is 36.5 Å². The highest BCUT2D eigenvalue weighted by atomic mass is 35.5. The normalized spacial score (nSPS) is 15.6. The number of carbonyl (C=O) groups is 1. The topological polar surface area (TPSA) is 105 Å². The molecule has 2 N–H and O–H groups in total. The summed E-state index contributed by atoms with van der Waals surface area (Å²) in [6.45, 7) is 4.71. The number of anilines is 2. The molecule has 1 aliphatic heterocycles. The predicted molar refractivity (Wildman–Crippen MR) is 136 cm³/mol. The number of morpholine rings is 1. The third-order valence-electron chi connectivity index (χ3n) is 6.53. The Balaban J connectivity index is 1.73. The van der Waals surface area contributed by atoms with Crippen molar-refractivity contribution in [2.24, 2.45) is 0 Å². The molecule has 0 unspecified atom stereocenters. The number of imidazole rings is 1. The first-order valence-electron chi connectivity index (χ1n) is 12.1. The fourth-order valence-corrected chi connectivity index (χ4v) is 4.76. The van der Waals surface area contributed by atoms with E-state index in [9.17, 15) is 31.9 Å². The van der Waals surface area contributed by atoms with Crippen LogP contribution in [0.15, 0.2) is 30.5 Å². The van der Waals surface area contributed by atoms with Crippen LogP contribution in [0.3, 0.4) is 0 Å². The summed E-state index contributed by atoms with van der Waals surface area (Å²) in [5.74, 6) is -6.38. The Bertz CT molecular complexity index is 1620. The first kappa shape index (κ1) is 27.8. The maximum atomic E-state index is 14.4. The van der Waals surface area contributed by atoms with Crippen LogP contribution in [0.2, 0.25) is 5.15 Å². The fourth-order valence-electron chi connectivity index (χ4n) is 4.62. The Hall–Kier alpha value is -3.78. The molecule has 1 aliphatic rings. The standard InChI is InChI=1S/C25H22ClF5N6O3/c1-12-9-14(13(2)32-16-3-4-18(26)34-20(16)22(38)39)19-15(10-12)21-33-17(24(27,28)25(29,30)31)11-37(21)23(35-19)36-5-7-40-8-6-36/h3-4,9-11,13,32H,5-8H2,1-2H3,(H,38,39)/t13-/m1/s1. The smallest absolute Gasteiger partial charge is 0.459 e. The van der Waals surface area contributed by atoms with Gasteiger partial charge in [-0.1, -0.05) is 17.7 Å². The number of aromatic nitrogens is 4. The summed E-state index contributed by atoms with van der Waals surface area (Å²) in [4.78, 5) is 25.8. The van der Waals surface area contributed by atoms with E-state index in [-0.39, 0.29) is 33.5 Å². The zero-order chi connectivity index (χ0) is 29.0. The molecule has 0 saturated carbocycles. The van der Waals surface area contributed by atoms with Crippen LogP contribution in [0.5, 0.6) is 0 Å². The van der Waals surface area contributed by atoms with Crippen LogP contribution in [0, 0.1) is 6.92 Å². The molecule has 4 aromatic rings. The third-order valence-corrected chi connectivity index (χ3v) is 6.74. The molecule has 9 nitrogen and oxygen atoms in total. The van der Waals surface area contributed by atoms with Gasteiger partial charge in [-0.25, -0.2) is 19.7 Å². The second-order valence-corrected chi connectivity index (χ2v) is 9.74. The summed E-state index contributed by atoms with van der Waals surface area (Å²) < 4.78 is 75.1. The maximum absolute atomic E-state index is 14.4. The van der Waals surface area contributed by atoms with Gasteiger partial charge in [0.05, 0.1) is 30.5 Å². The van der Waals surface area contributed by atoms with Gasteiger partial charge in [-0.15, -0.1) is 0 Å². The molecule has 5 rings (SSSR count). The zero-order valence-corrected chi connectivity index (χ0v) is 21.8. The largest absolute Gasteiger partial charge is 0.476 e. The molecule has 1 saturated heterocycles. The molecule has 4 heterocycles. The molecule has 1 atom stereocenters. The number of ether oxygens (including phenoxy) is 1. The van der Waals surface area contributed by atoms with Crippen LogP contribution < -0.4 is 10.2 Å². The number of fused-ring (bicyclic) bond motifs is 3. The number of aryl methyl sites for hydroxylation is 1. The van der Waals surface area contributed by atoms with Gasteiger partial charge in [0.2, 0.25) is 5.95 Å². The molecule has 0 amide bonds. The lowest BCUT2D eigenvalue weighted by Gasteiger charge is -2.29. The van der Waals surface area contributed by atoms with E-state index in [1.54, 1.807) is 30.9 Å². The second-order valence-electron chi connectivity index (χ2n) is 9.35. The molecule has 15 heteroatoms. The fraction of sp³-hybridized carbons (Fsp3) is 0.360. The highest BCUT2D eigenvalue weighted by Gasteiger charge is 2.60. The maximum Gasteiger partial charge on any atom is 0.459 e. The van der Waals surface area contributed by atoms with E-state index >= 15 is 0 Å². The van der Waals surface area contributed by atoms with Gasteiger partial charge < -0.3 is 20.1 Å². The average molecular weight is 585 g/mol. The Kier molecular flexibility index (Phi) is 6.94. The van der Waals surface area contributed by atoms with Crippen molar-refractivity contribution in [1.82, 2.24) is 19.4 Å². The molecule has 212 valence electrons. The van der Waals surface area contributed by atoms with Crippen LogP contribution >= 0.6 is 11.6 Å². The Morgan fingerprint density at radius 3 is 2.48 bits per heavy atom. The summed E-state index contributed by atoms with van der Waals surface area (Å²) in [6, 6.07) is 5.64. The first-order chi connectivity index (χ1) is 18.8. The number of halogens is 6. The van der Waals surface area contributed by atoms with Gasteiger partial charge in [0.25, 0.3) is 0 Å². The highest BCUT2D eigenvalue weighted by Crippen LogP contribution is 2.44. The van der Waals surface area contributed by atoms with Crippen molar-refractivity contribution < 1.29 is 36.6 Å². The van der Waals surface area contributed by atoms with E-state index in [1.165, 1.54) is 12.1 Å². The molecule has 3 aromatic heterocycles. The number of alkyl halides is 5. The summed E-state index contributed by atoms with van der Waals surface area (Å²) in [5.41, 5.74) is -0.234. The number of hydrogen-bond donors (Lipinski definition) is 2. The lowest BCUT2D eigenvalue weighted by atomic mass is 10.0. The Morgan fingerprint density at radius 1 is 1.12 bits per heavy atom. The van der Waals surface area contributed by atoms with Crippen molar-refractivity contribution in [1.29, 1.82) is 0 Å². The molecule has 0 bridgehead atoms. The van der Waals surface area contributed by atoms with Gasteiger partial charge in [-0.3, -0.25) is 4.40 Å². The number of nitrogens with zero attached hydrogens (tertiary/aromatic N) is 5. The summed E-state index contributed by atoms with van der Waals surface area (Å²) in [5, 5.41) is 12.9. The van der Waals surface area contributed by atoms with Crippen molar-refractivity contribution in [3.63, 3.8) is 0 Å². The van der Waals surface area contributed by atoms with Crippen molar-refractivity contribution >= 4 is 45.8 Å². The van der Waals surface area contributed by atoms with E-state index in [0.717, 1.165) is 4.40 Å². The van der Waals surface area contributed by atoms with Gasteiger partial charge in [-0.05, 0) is 37.6 Å². The molecule has 1 fully saturated rings. The van der Waals surface area contributed by atoms with Gasteiger partial charge in [-0.2, -0.15) is 22.0 Å². The quantitative estimate of drug-likeness (QED) is 0.223. The molecule has 0 spiro atoms. The summed E-state index contributed by atoms with van der Waals surface area (Å²) >= 11 is 5.86. The van der Waals surface area contributed by atoms with Crippen LogP contribution in [-0.2, 0) is 10.7 Å². The summed E-state index contributed by atoms with van der Waals surface area (Å²) in [7, 11) is 0. The highest BCUT2D eigenvalue weighted by molar-refractivity contribution is 6.29. The molecular weight excluding hydrogens is 563 g/mol. The Morgan fingerprint density at radius 2 is 1.82 bits per heavy atom. The third kappa shape index (κ3) is 4.85. The van der Waals surface area contributed by atoms with Crippen molar-refractivity contribution in [2.45, 2.75) is 32.0 Å². The first-order valence-corrected chi connectivity index (χ1v) is 12.4. The average Bonchev–Trinajstić information content (AvgIpc) is 3.35. The molecule has 40 heavy (non-hydrogen) atoms. The molecular formula is C25H22ClF5N6O3. The van der Waals surface area contributed by atoms with E-state index in [1.807, 2.05) is 0 Å². The lowest BCUT2D eigenvalue weighted by molar-refractivity contribution is -0.290. The van der Waals surface area contributed by atoms with E-state index in [0.29, 0.717) is 49.1 Å². The van der Waals surface area contributed by atoms with Crippen LogP contribution in [-0.4, -0.2) is 62.9 Å². The minimum absolute atomic E-state index is 0.0124. The number of aromatic carboxylic acids is 1. The van der Waals surface area contributed by atoms with Crippen molar-refractivity contribution in [3.05, 3.63) is 58.1 Å². The number of hydrogen-bond acceptors (Lipinski definition) is 7. The number of carboxylic acids is 1.